The molecule has 0 saturated carbocycles. The van der Waals surface area contributed by atoms with Crippen molar-refractivity contribution >= 4 is 18.0 Å². The second-order valence-electron chi connectivity index (χ2n) is 9.34. The van der Waals surface area contributed by atoms with Gasteiger partial charge in [0.15, 0.2) is 0 Å². The molecule has 1 aliphatic heterocycles. The van der Waals surface area contributed by atoms with Gasteiger partial charge in [0, 0.05) is 19.5 Å². The Labute approximate surface area is 218 Å². The van der Waals surface area contributed by atoms with Gasteiger partial charge in [-0.05, 0) is 49.4 Å². The largest absolute Gasteiger partial charge is 0.450 e. The van der Waals surface area contributed by atoms with Gasteiger partial charge in [0.25, 0.3) is 0 Å². The number of nitrogens with one attached hydrogen (secondary N) is 3. The van der Waals surface area contributed by atoms with E-state index in [1.807, 2.05) is 67.6 Å². The second kappa shape index (κ2) is 14.0. The highest BCUT2D eigenvalue weighted by Crippen LogP contribution is 2.28. The van der Waals surface area contributed by atoms with Crippen LogP contribution in [0.4, 0.5) is 9.59 Å². The fraction of sp³-hybridized carbons (Fsp3) is 0.429. The Hall–Kier alpha value is -3.90. The Kier molecular flexibility index (Phi) is 10.5. The summed E-state index contributed by atoms with van der Waals surface area (Å²) in [5, 5.41) is 18.7. The molecule has 4 amide bonds. The number of ether oxygens (including phenoxy) is 1. The predicted molar refractivity (Wildman–Crippen MR) is 139 cm³/mol. The first-order valence-corrected chi connectivity index (χ1v) is 12.6. The minimum atomic E-state index is -1.20. The van der Waals surface area contributed by atoms with Gasteiger partial charge in [-0.15, -0.1) is 0 Å². The molecule has 1 saturated heterocycles. The second-order valence-corrected chi connectivity index (χ2v) is 9.34. The number of nitriles is 1. The Morgan fingerprint density at radius 3 is 2.14 bits per heavy atom. The lowest BCUT2D eigenvalue weighted by atomic mass is 9.87. The van der Waals surface area contributed by atoms with Crippen molar-refractivity contribution in [3.63, 3.8) is 0 Å². The third-order valence-corrected chi connectivity index (χ3v) is 6.45. The highest BCUT2D eigenvalue weighted by Gasteiger charge is 2.45. The number of imide groups is 1. The van der Waals surface area contributed by atoms with Crippen LogP contribution in [0, 0.1) is 17.2 Å². The zero-order valence-electron chi connectivity index (χ0n) is 21.2. The van der Waals surface area contributed by atoms with Gasteiger partial charge in [0.05, 0.1) is 12.7 Å². The van der Waals surface area contributed by atoms with E-state index in [0.717, 1.165) is 16.0 Å². The summed E-state index contributed by atoms with van der Waals surface area (Å²) in [6, 6.07) is 20.6. The molecule has 0 aliphatic carbocycles. The van der Waals surface area contributed by atoms with E-state index in [1.165, 1.54) is 0 Å². The van der Waals surface area contributed by atoms with E-state index in [-0.39, 0.29) is 25.5 Å². The van der Waals surface area contributed by atoms with Crippen LogP contribution in [0.1, 0.15) is 43.7 Å². The molecule has 9 heteroatoms. The number of hydrogen-bond donors (Lipinski definition) is 3. The third kappa shape index (κ3) is 8.33. The van der Waals surface area contributed by atoms with Crippen molar-refractivity contribution in [1.82, 2.24) is 20.9 Å². The Bertz CT molecular complexity index is 1060. The Balaban J connectivity index is 1.54. The minimum absolute atomic E-state index is 0.0601. The lowest BCUT2D eigenvalue weighted by Gasteiger charge is -2.40. The molecule has 1 atom stereocenters. The summed E-state index contributed by atoms with van der Waals surface area (Å²) >= 11 is 0. The normalized spacial score (nSPS) is 15.0. The standard InChI is InChI=1S/C28H35N5O4/c1-22(12-17-37-27(36)32-20-24-10-6-3-7-11-24)18-25(34)33(28(21-29)13-15-30-16-14-28)26(35)31-19-23-8-4-2-5-9-23/h2-11,22,30H,12-20H2,1H3,(H,31,35)(H,32,36). The Morgan fingerprint density at radius 2 is 1.57 bits per heavy atom. The first-order valence-electron chi connectivity index (χ1n) is 12.6. The van der Waals surface area contributed by atoms with E-state index in [4.69, 9.17) is 4.74 Å². The van der Waals surface area contributed by atoms with Gasteiger partial charge >= 0.3 is 12.1 Å². The molecule has 0 spiro atoms. The topological polar surface area (TPSA) is 124 Å². The average molecular weight is 506 g/mol. The SMILES string of the molecule is CC(CCOC(=O)NCc1ccccc1)CC(=O)N(C(=O)NCc1ccccc1)C1(C#N)CCNCC1. The third-order valence-electron chi connectivity index (χ3n) is 6.45. The molecule has 1 aliphatic rings. The van der Waals surface area contributed by atoms with E-state index < -0.39 is 23.6 Å². The fourth-order valence-corrected chi connectivity index (χ4v) is 4.29. The van der Waals surface area contributed by atoms with Crippen LogP contribution in [0.3, 0.4) is 0 Å². The number of benzene rings is 2. The molecule has 1 unspecified atom stereocenters. The molecule has 1 fully saturated rings. The summed E-state index contributed by atoms with van der Waals surface area (Å²) in [7, 11) is 0. The first kappa shape index (κ1) is 27.7. The number of alkyl carbamates (subject to hydrolysis) is 1. The minimum Gasteiger partial charge on any atom is -0.450 e. The number of nitrogens with zero attached hydrogens (tertiary/aromatic N) is 2. The van der Waals surface area contributed by atoms with E-state index in [1.54, 1.807) is 0 Å². The van der Waals surface area contributed by atoms with Crippen LogP contribution in [0.25, 0.3) is 0 Å². The molecule has 1 heterocycles. The maximum atomic E-state index is 13.4. The summed E-state index contributed by atoms with van der Waals surface area (Å²) in [6.07, 6.45) is 0.720. The maximum absolute atomic E-state index is 13.4. The molecule has 0 aromatic heterocycles. The highest BCUT2D eigenvalue weighted by atomic mass is 16.5. The monoisotopic (exact) mass is 505 g/mol. The number of hydrogen-bond acceptors (Lipinski definition) is 6. The molecule has 0 bridgehead atoms. The van der Waals surface area contributed by atoms with Gasteiger partial charge in [0.2, 0.25) is 5.91 Å². The van der Waals surface area contributed by atoms with Crippen LogP contribution in [0.2, 0.25) is 0 Å². The molecule has 9 nitrogen and oxygen atoms in total. The van der Waals surface area contributed by atoms with E-state index in [0.29, 0.717) is 38.9 Å². The lowest BCUT2D eigenvalue weighted by Crippen LogP contribution is -2.60. The number of urea groups is 1. The molecular weight excluding hydrogens is 470 g/mol. The van der Waals surface area contributed by atoms with E-state index in [9.17, 15) is 19.6 Å². The van der Waals surface area contributed by atoms with Gasteiger partial charge in [-0.2, -0.15) is 5.26 Å². The fourth-order valence-electron chi connectivity index (χ4n) is 4.29. The smallest absolute Gasteiger partial charge is 0.407 e. The molecule has 3 rings (SSSR count). The summed E-state index contributed by atoms with van der Waals surface area (Å²) in [5.41, 5.74) is 0.667. The zero-order valence-corrected chi connectivity index (χ0v) is 21.2. The van der Waals surface area contributed by atoms with Gasteiger partial charge in [-0.3, -0.25) is 4.79 Å². The van der Waals surface area contributed by atoms with Crippen molar-refractivity contribution < 1.29 is 19.1 Å². The van der Waals surface area contributed by atoms with Crippen molar-refractivity contribution in [2.45, 2.75) is 51.2 Å². The highest BCUT2D eigenvalue weighted by molar-refractivity contribution is 5.96. The van der Waals surface area contributed by atoms with Crippen LogP contribution >= 0.6 is 0 Å². The van der Waals surface area contributed by atoms with Gasteiger partial charge in [0.1, 0.15) is 5.54 Å². The van der Waals surface area contributed by atoms with Gasteiger partial charge in [-0.1, -0.05) is 67.6 Å². The number of amides is 4. The quantitative estimate of drug-likeness (QED) is 0.452. The molecule has 37 heavy (non-hydrogen) atoms. The maximum Gasteiger partial charge on any atom is 0.407 e. The molecular formula is C28H35N5O4. The van der Waals surface area contributed by atoms with Crippen LogP contribution in [-0.4, -0.2) is 48.2 Å². The summed E-state index contributed by atoms with van der Waals surface area (Å²) in [6.45, 7) is 3.72. The van der Waals surface area contributed by atoms with Crippen molar-refractivity contribution in [3.05, 3.63) is 71.8 Å². The lowest BCUT2D eigenvalue weighted by molar-refractivity contribution is -0.133. The average Bonchev–Trinajstić information content (AvgIpc) is 2.92. The van der Waals surface area contributed by atoms with Crippen molar-refractivity contribution in [2.75, 3.05) is 19.7 Å². The Morgan fingerprint density at radius 1 is 1.00 bits per heavy atom. The first-order chi connectivity index (χ1) is 17.9. The van der Waals surface area contributed by atoms with Crippen LogP contribution in [-0.2, 0) is 22.6 Å². The zero-order chi connectivity index (χ0) is 26.5. The van der Waals surface area contributed by atoms with Crippen LogP contribution < -0.4 is 16.0 Å². The molecule has 0 radical (unpaired) electrons. The van der Waals surface area contributed by atoms with Crippen molar-refractivity contribution in [2.24, 2.45) is 5.92 Å². The number of piperidine rings is 1. The number of carbonyl (C=O) groups is 3. The predicted octanol–water partition coefficient (Wildman–Crippen LogP) is 3.71. The van der Waals surface area contributed by atoms with Crippen LogP contribution in [0.15, 0.2) is 60.7 Å². The molecule has 2 aromatic rings. The molecule has 196 valence electrons. The molecule has 2 aromatic carbocycles. The van der Waals surface area contributed by atoms with Gasteiger partial charge < -0.3 is 20.7 Å². The summed E-state index contributed by atoms with van der Waals surface area (Å²) in [4.78, 5) is 39.8. The van der Waals surface area contributed by atoms with Crippen LogP contribution in [0.5, 0.6) is 0 Å². The van der Waals surface area contributed by atoms with Gasteiger partial charge in [-0.25, -0.2) is 14.5 Å². The number of rotatable bonds is 10. The number of carbonyl (C=O) groups excluding carboxylic acids is 3. The molecule has 3 N–H and O–H groups in total. The summed E-state index contributed by atoms with van der Waals surface area (Å²) in [5.74, 6) is -0.564. The van der Waals surface area contributed by atoms with E-state index >= 15 is 0 Å². The van der Waals surface area contributed by atoms with Crippen molar-refractivity contribution in [3.8, 4) is 6.07 Å². The van der Waals surface area contributed by atoms with Crippen molar-refractivity contribution in [1.29, 1.82) is 5.26 Å². The van der Waals surface area contributed by atoms with E-state index in [2.05, 4.69) is 22.0 Å². The summed E-state index contributed by atoms with van der Waals surface area (Å²) < 4.78 is 5.25.